The van der Waals surface area contributed by atoms with Crippen LogP contribution < -0.4 is 5.09 Å². The second kappa shape index (κ2) is 7.40. The number of furan rings is 1. The van der Waals surface area contributed by atoms with Crippen molar-refractivity contribution in [1.82, 2.24) is 5.09 Å². The van der Waals surface area contributed by atoms with Crippen molar-refractivity contribution in [1.29, 1.82) is 0 Å². The van der Waals surface area contributed by atoms with Gasteiger partial charge in [-0.15, -0.1) is 0 Å². The minimum atomic E-state index is -3.11. The van der Waals surface area contributed by atoms with E-state index >= 15 is 0 Å². The van der Waals surface area contributed by atoms with Gasteiger partial charge in [-0.25, -0.2) is 5.09 Å². The highest BCUT2D eigenvalue weighted by Crippen LogP contribution is 2.42. The van der Waals surface area contributed by atoms with Gasteiger partial charge in [-0.2, -0.15) is 0 Å². The average molecular weight is 292 g/mol. The maximum atomic E-state index is 12.1. The van der Waals surface area contributed by atoms with Crippen molar-refractivity contribution >= 4 is 13.4 Å². The van der Waals surface area contributed by atoms with E-state index in [1.54, 1.807) is 0 Å². The van der Waals surface area contributed by atoms with Crippen molar-refractivity contribution < 1.29 is 23.2 Å². The maximum absolute atomic E-state index is 12.1. The van der Waals surface area contributed by atoms with Crippen LogP contribution in [0.3, 0.4) is 0 Å². The van der Waals surface area contributed by atoms with Gasteiger partial charge in [-0.05, 0) is 19.5 Å². The van der Waals surface area contributed by atoms with Crippen LogP contribution in [0.15, 0.2) is 16.5 Å². The lowest BCUT2D eigenvalue weighted by atomic mass is 10.5. The molecule has 8 nitrogen and oxygen atoms in total. The molecule has 0 amide bonds. The van der Waals surface area contributed by atoms with Gasteiger partial charge >= 0.3 is 5.88 Å². The largest absolute Gasteiger partial charge is 0.433 e. The monoisotopic (exact) mass is 292 g/mol. The SMILES string of the molecule is CCCOCP(=O)(NC)OCc1ccc([N+](=O)[O-])o1. The molecule has 1 rings (SSSR count). The number of ether oxygens (including phenoxy) is 1. The zero-order chi connectivity index (χ0) is 14.3. The topological polar surface area (TPSA) is 104 Å². The summed E-state index contributed by atoms with van der Waals surface area (Å²) in [5, 5.41) is 13.0. The van der Waals surface area contributed by atoms with E-state index in [9.17, 15) is 14.7 Å². The summed E-state index contributed by atoms with van der Waals surface area (Å²) in [7, 11) is -1.61. The normalized spacial score (nSPS) is 14.2. The van der Waals surface area contributed by atoms with Crippen molar-refractivity contribution in [2.24, 2.45) is 0 Å². The Labute approximate surface area is 110 Å². The Bertz CT molecular complexity index is 461. The maximum Gasteiger partial charge on any atom is 0.433 e. The molecule has 0 saturated heterocycles. The van der Waals surface area contributed by atoms with Gasteiger partial charge in [0, 0.05) is 6.61 Å². The molecule has 9 heteroatoms. The van der Waals surface area contributed by atoms with Crippen molar-refractivity contribution in [2.75, 3.05) is 20.0 Å². The molecular formula is C10H17N2O6P. The van der Waals surface area contributed by atoms with Crippen LogP contribution in [0.1, 0.15) is 19.1 Å². The summed E-state index contributed by atoms with van der Waals surface area (Å²) in [6.07, 6.45) is 0.758. The quantitative estimate of drug-likeness (QED) is 0.322. The summed E-state index contributed by atoms with van der Waals surface area (Å²) in [5.74, 6) is -0.141. The Hall–Kier alpha value is -1.21. The zero-order valence-corrected chi connectivity index (χ0v) is 11.7. The first-order valence-corrected chi connectivity index (χ1v) is 7.55. The number of hydrogen-bond donors (Lipinski definition) is 1. The molecule has 1 aromatic heterocycles. The molecular weight excluding hydrogens is 275 g/mol. The number of nitro groups is 1. The van der Waals surface area contributed by atoms with Crippen LogP contribution in [0.5, 0.6) is 0 Å². The van der Waals surface area contributed by atoms with Crippen molar-refractivity contribution in [3.05, 3.63) is 28.0 Å². The van der Waals surface area contributed by atoms with E-state index in [0.717, 1.165) is 6.42 Å². The third-order valence-corrected chi connectivity index (χ3v) is 3.94. The highest BCUT2D eigenvalue weighted by atomic mass is 31.2. The van der Waals surface area contributed by atoms with Crippen molar-refractivity contribution in [2.45, 2.75) is 20.0 Å². The Morgan fingerprint density at radius 1 is 1.53 bits per heavy atom. The van der Waals surface area contributed by atoms with Crippen LogP contribution >= 0.6 is 7.52 Å². The smallest absolute Gasteiger partial charge is 0.403 e. The fraction of sp³-hybridized carbons (Fsp3) is 0.600. The van der Waals surface area contributed by atoms with E-state index in [1.165, 1.54) is 19.2 Å². The molecule has 1 N–H and O–H groups in total. The highest BCUT2D eigenvalue weighted by molar-refractivity contribution is 7.56. The van der Waals surface area contributed by atoms with E-state index in [2.05, 4.69) is 5.09 Å². The fourth-order valence-corrected chi connectivity index (χ4v) is 2.24. The van der Waals surface area contributed by atoms with Gasteiger partial charge in [-0.1, -0.05) is 6.92 Å². The summed E-state index contributed by atoms with van der Waals surface area (Å²) < 4.78 is 27.4. The standard InChI is InChI=1S/C10H17N2O6P/c1-3-6-16-8-19(15,11-2)17-7-9-4-5-10(18-9)12(13)14/h4-5H,3,6-8H2,1-2H3,(H,11,15). The summed E-state index contributed by atoms with van der Waals surface area (Å²) in [6, 6.07) is 2.63. The molecule has 0 spiro atoms. The Morgan fingerprint density at radius 2 is 2.26 bits per heavy atom. The molecule has 1 aromatic rings. The second-order valence-electron chi connectivity index (χ2n) is 3.70. The van der Waals surface area contributed by atoms with E-state index in [1.807, 2.05) is 6.92 Å². The molecule has 0 radical (unpaired) electrons. The molecule has 0 aliphatic carbocycles. The van der Waals surface area contributed by atoms with E-state index in [4.69, 9.17) is 13.7 Å². The lowest BCUT2D eigenvalue weighted by Gasteiger charge is -2.16. The van der Waals surface area contributed by atoms with Gasteiger partial charge in [0.05, 0.1) is 6.07 Å². The minimum absolute atomic E-state index is 0.0554. The van der Waals surface area contributed by atoms with Gasteiger partial charge in [0.2, 0.25) is 0 Å². The molecule has 1 unspecified atom stereocenters. The molecule has 1 atom stereocenters. The molecule has 19 heavy (non-hydrogen) atoms. The Morgan fingerprint density at radius 3 is 2.79 bits per heavy atom. The van der Waals surface area contributed by atoms with E-state index in [0.29, 0.717) is 6.61 Å². The van der Waals surface area contributed by atoms with Crippen LogP contribution in [0.25, 0.3) is 0 Å². The summed E-state index contributed by atoms with van der Waals surface area (Å²) in [4.78, 5) is 9.78. The van der Waals surface area contributed by atoms with E-state index in [-0.39, 0.29) is 24.6 Å². The fourth-order valence-electron chi connectivity index (χ4n) is 1.21. The van der Waals surface area contributed by atoms with Crippen LogP contribution in [0, 0.1) is 10.1 Å². The van der Waals surface area contributed by atoms with Gasteiger partial charge in [-0.3, -0.25) is 14.7 Å². The first-order chi connectivity index (χ1) is 9.00. The first kappa shape index (κ1) is 15.8. The second-order valence-corrected chi connectivity index (χ2v) is 6.02. The average Bonchev–Trinajstić information content (AvgIpc) is 2.86. The number of nitrogens with one attached hydrogen (secondary N) is 1. The van der Waals surface area contributed by atoms with Crippen molar-refractivity contribution in [3.8, 4) is 0 Å². The third kappa shape index (κ3) is 5.12. The van der Waals surface area contributed by atoms with Crippen LogP contribution in [0.4, 0.5) is 5.88 Å². The molecule has 0 saturated carbocycles. The van der Waals surface area contributed by atoms with E-state index < -0.39 is 12.4 Å². The Kier molecular flexibility index (Phi) is 6.17. The predicted molar refractivity (Wildman–Crippen MR) is 67.9 cm³/mol. The third-order valence-electron chi connectivity index (χ3n) is 2.19. The highest BCUT2D eigenvalue weighted by Gasteiger charge is 2.22. The number of nitrogens with zero attached hydrogens (tertiary/aromatic N) is 1. The van der Waals surface area contributed by atoms with Crippen LogP contribution in [0.2, 0.25) is 0 Å². The van der Waals surface area contributed by atoms with Gasteiger partial charge in [0.1, 0.15) is 23.6 Å². The first-order valence-electron chi connectivity index (χ1n) is 5.74. The lowest BCUT2D eigenvalue weighted by molar-refractivity contribution is -0.402. The molecule has 0 fully saturated rings. The van der Waals surface area contributed by atoms with Crippen molar-refractivity contribution in [3.63, 3.8) is 0 Å². The number of rotatable bonds is 9. The van der Waals surface area contributed by atoms with Gasteiger partial charge in [0.25, 0.3) is 7.52 Å². The summed E-state index contributed by atoms with van der Waals surface area (Å²) in [5.41, 5.74) is 0. The minimum Gasteiger partial charge on any atom is -0.403 e. The van der Waals surface area contributed by atoms with Gasteiger partial charge in [0.15, 0.2) is 0 Å². The number of hydrogen-bond acceptors (Lipinski definition) is 6. The predicted octanol–water partition coefficient (Wildman–Crippen LogP) is 2.50. The molecule has 0 bridgehead atoms. The molecule has 108 valence electrons. The van der Waals surface area contributed by atoms with Gasteiger partial charge < -0.3 is 13.7 Å². The molecule has 0 aliphatic rings. The lowest BCUT2D eigenvalue weighted by Crippen LogP contribution is -2.12. The summed E-state index contributed by atoms with van der Waals surface area (Å²) >= 11 is 0. The van der Waals surface area contributed by atoms with Crippen LogP contribution in [-0.4, -0.2) is 24.9 Å². The van der Waals surface area contributed by atoms with Crippen LogP contribution in [-0.2, 0) is 20.4 Å². The summed E-state index contributed by atoms with van der Waals surface area (Å²) in [6.45, 7) is 2.30. The Balaban J connectivity index is 2.51. The molecule has 0 aromatic carbocycles. The molecule has 0 aliphatic heterocycles. The molecule has 1 heterocycles. The zero-order valence-electron chi connectivity index (χ0n) is 10.8.